The molecule has 0 radical (unpaired) electrons. The number of hydrogen-bond acceptors (Lipinski definition) is 2. The van der Waals surface area contributed by atoms with Crippen molar-refractivity contribution in [3.05, 3.63) is 0 Å². The van der Waals surface area contributed by atoms with Gasteiger partial charge in [0.05, 0.1) is 0 Å². The van der Waals surface area contributed by atoms with Crippen LogP contribution < -0.4 is 56.5 Å². The molecule has 2 nitrogen and oxygen atoms in total. The molecule has 0 rings (SSSR count). The summed E-state index contributed by atoms with van der Waals surface area (Å²) in [7, 11) is 0. The third kappa shape index (κ3) is 8.12. The van der Waals surface area contributed by atoms with E-state index in [4.69, 9.17) is 0 Å². The van der Waals surface area contributed by atoms with Gasteiger partial charge in [0.25, 0.3) is 0 Å². The van der Waals surface area contributed by atoms with E-state index < -0.39 is 11.4 Å². The van der Waals surface area contributed by atoms with E-state index in [-0.39, 0.29) is 51.4 Å². The third-order valence-electron chi connectivity index (χ3n) is 2.21. The van der Waals surface area contributed by atoms with E-state index in [1.165, 1.54) is 12.8 Å². The van der Waals surface area contributed by atoms with Gasteiger partial charge >= 0.3 is 51.4 Å². The minimum absolute atomic E-state index is 0. The molecule has 72 valence electrons. The first-order chi connectivity index (χ1) is 5.50. The molecule has 0 amide bonds. The number of carboxylic acids is 1. The average Bonchev–Trinajstić information content (AvgIpc) is 1.98. The molecule has 0 unspecified atom stereocenters. The van der Waals surface area contributed by atoms with Gasteiger partial charge in [0.15, 0.2) is 0 Å². The molecule has 0 N–H and O–H groups in total. The van der Waals surface area contributed by atoms with Crippen LogP contribution in [0.4, 0.5) is 0 Å². The Labute approximate surface area is 124 Å². The fraction of sp³-hybridized carbons (Fsp3) is 0.900. The summed E-state index contributed by atoms with van der Waals surface area (Å²) in [5, 5.41) is 10.6. The Morgan fingerprint density at radius 1 is 1.23 bits per heavy atom. The van der Waals surface area contributed by atoms with Crippen molar-refractivity contribution in [3.63, 3.8) is 0 Å². The number of rotatable bonds is 6. The van der Waals surface area contributed by atoms with Crippen LogP contribution in [0.1, 0.15) is 52.9 Å². The number of carbonyl (C=O) groups is 1. The van der Waals surface area contributed by atoms with Gasteiger partial charge in [0, 0.05) is 11.4 Å². The van der Waals surface area contributed by atoms with Crippen molar-refractivity contribution < 1.29 is 61.3 Å². The molecule has 0 saturated heterocycles. The molecule has 0 fully saturated rings. The van der Waals surface area contributed by atoms with Crippen molar-refractivity contribution in [2.75, 3.05) is 0 Å². The molecule has 0 atom stereocenters. The topological polar surface area (TPSA) is 40.1 Å². The van der Waals surface area contributed by atoms with E-state index in [2.05, 4.69) is 6.92 Å². The van der Waals surface area contributed by atoms with Crippen LogP contribution in [-0.2, 0) is 4.79 Å². The van der Waals surface area contributed by atoms with Gasteiger partial charge in [-0.3, -0.25) is 0 Å². The summed E-state index contributed by atoms with van der Waals surface area (Å²) in [5.41, 5.74) is -0.645. The van der Waals surface area contributed by atoms with Gasteiger partial charge in [-0.15, -0.1) is 0 Å². The first-order valence-corrected chi connectivity index (χ1v) is 4.72. The molecule has 13 heavy (non-hydrogen) atoms. The van der Waals surface area contributed by atoms with Crippen LogP contribution in [0.2, 0.25) is 0 Å². The van der Waals surface area contributed by atoms with E-state index >= 15 is 0 Å². The maximum atomic E-state index is 10.6. The second-order valence-electron chi connectivity index (χ2n) is 3.98. The summed E-state index contributed by atoms with van der Waals surface area (Å²) in [4.78, 5) is 10.6. The van der Waals surface area contributed by atoms with Crippen molar-refractivity contribution in [3.8, 4) is 0 Å². The zero-order chi connectivity index (χ0) is 9.61. The van der Waals surface area contributed by atoms with E-state index in [1.54, 1.807) is 13.8 Å². The Morgan fingerprint density at radius 3 is 2.15 bits per heavy atom. The first-order valence-electron chi connectivity index (χ1n) is 4.72. The van der Waals surface area contributed by atoms with Crippen molar-refractivity contribution in [2.45, 2.75) is 52.9 Å². The number of aliphatic carboxylic acids is 1. The van der Waals surface area contributed by atoms with Crippen LogP contribution in [0.5, 0.6) is 0 Å². The van der Waals surface area contributed by atoms with Crippen LogP contribution in [0, 0.1) is 5.41 Å². The van der Waals surface area contributed by atoms with Crippen LogP contribution in [-0.4, -0.2) is 5.97 Å². The Bertz CT molecular complexity index is 144. The minimum atomic E-state index is -0.931. The van der Waals surface area contributed by atoms with Gasteiger partial charge in [-0.2, -0.15) is 0 Å². The average molecular weight is 210 g/mol. The fourth-order valence-electron chi connectivity index (χ4n) is 1.10. The predicted octanol–water partition coefficient (Wildman–Crippen LogP) is -1.26. The first kappa shape index (κ1) is 16.5. The van der Waals surface area contributed by atoms with Gasteiger partial charge in [-0.25, -0.2) is 0 Å². The molecule has 0 aliphatic heterocycles. The van der Waals surface area contributed by atoms with Crippen molar-refractivity contribution >= 4 is 5.97 Å². The molecule has 3 heteroatoms. The molecule has 0 bridgehead atoms. The predicted molar refractivity (Wildman–Crippen MR) is 47.5 cm³/mol. The molecule has 0 aromatic heterocycles. The second-order valence-corrected chi connectivity index (χ2v) is 3.98. The Kier molecular flexibility index (Phi) is 10.7. The molecule has 0 heterocycles. The van der Waals surface area contributed by atoms with E-state index in [1.807, 2.05) is 0 Å². The Morgan fingerprint density at radius 2 is 1.77 bits per heavy atom. The number of carboxylic acid groups (broad SMARTS) is 1. The van der Waals surface area contributed by atoms with Gasteiger partial charge in [0.1, 0.15) is 0 Å². The van der Waals surface area contributed by atoms with Crippen LogP contribution >= 0.6 is 0 Å². The summed E-state index contributed by atoms with van der Waals surface area (Å²) < 4.78 is 0. The van der Waals surface area contributed by atoms with Crippen molar-refractivity contribution in [1.29, 1.82) is 0 Å². The zero-order valence-electron chi connectivity index (χ0n) is 9.35. The summed E-state index contributed by atoms with van der Waals surface area (Å²) in [5.74, 6) is -0.931. The summed E-state index contributed by atoms with van der Waals surface area (Å²) in [6.45, 7) is 5.60. The number of carbonyl (C=O) groups excluding carboxylic acids is 1. The number of unbranched alkanes of at least 4 members (excludes halogenated alkanes) is 3. The third-order valence-corrected chi connectivity index (χ3v) is 2.21. The number of hydrogen-bond donors (Lipinski definition) is 0. The fourth-order valence-corrected chi connectivity index (χ4v) is 1.10. The van der Waals surface area contributed by atoms with Gasteiger partial charge in [-0.1, -0.05) is 46.5 Å². The SMILES string of the molecule is CCCCCCC(C)(C)C(=O)[O-].[K+]. The summed E-state index contributed by atoms with van der Waals surface area (Å²) in [6.07, 6.45) is 5.24. The molecular formula is C10H19KO2. The van der Waals surface area contributed by atoms with E-state index in [9.17, 15) is 9.90 Å². The van der Waals surface area contributed by atoms with Crippen LogP contribution in [0.15, 0.2) is 0 Å². The monoisotopic (exact) mass is 210 g/mol. The quantitative estimate of drug-likeness (QED) is 0.405. The standard InChI is InChI=1S/C10H20O2.K/c1-4-5-6-7-8-10(2,3)9(11)12;/h4-8H2,1-3H3,(H,11,12);/q;+1/p-1. The van der Waals surface area contributed by atoms with E-state index in [0.717, 1.165) is 19.3 Å². The molecule has 0 aliphatic rings. The largest absolute Gasteiger partial charge is 1.00 e. The zero-order valence-corrected chi connectivity index (χ0v) is 12.5. The van der Waals surface area contributed by atoms with Crippen molar-refractivity contribution in [2.24, 2.45) is 5.41 Å². The van der Waals surface area contributed by atoms with Gasteiger partial charge < -0.3 is 9.90 Å². The van der Waals surface area contributed by atoms with Gasteiger partial charge in [0.2, 0.25) is 0 Å². The minimum Gasteiger partial charge on any atom is -0.550 e. The molecule has 0 aromatic rings. The Hall–Kier alpha value is 1.11. The molecule has 0 aliphatic carbocycles. The summed E-state index contributed by atoms with van der Waals surface area (Å²) in [6, 6.07) is 0. The van der Waals surface area contributed by atoms with Crippen molar-refractivity contribution in [1.82, 2.24) is 0 Å². The second kappa shape index (κ2) is 8.42. The maximum absolute atomic E-state index is 10.6. The molecule has 0 aromatic carbocycles. The normalized spacial score (nSPS) is 10.7. The van der Waals surface area contributed by atoms with Crippen LogP contribution in [0.3, 0.4) is 0 Å². The molecule has 0 spiro atoms. The van der Waals surface area contributed by atoms with Crippen LogP contribution in [0.25, 0.3) is 0 Å². The maximum Gasteiger partial charge on any atom is 1.00 e. The van der Waals surface area contributed by atoms with E-state index in [0.29, 0.717) is 0 Å². The van der Waals surface area contributed by atoms with Gasteiger partial charge in [-0.05, 0) is 6.42 Å². The molecular weight excluding hydrogens is 191 g/mol. The Balaban J connectivity index is 0. The smallest absolute Gasteiger partial charge is 0.550 e. The molecule has 0 saturated carbocycles. The summed E-state index contributed by atoms with van der Waals surface area (Å²) >= 11 is 0.